The van der Waals surface area contributed by atoms with Gasteiger partial charge < -0.3 is 5.32 Å². The number of amides is 2. The molecule has 0 aliphatic carbocycles. The molecule has 8 nitrogen and oxygen atoms in total. The predicted molar refractivity (Wildman–Crippen MR) is 148 cm³/mol. The SMILES string of the molecule is CCC(C)(C)NC(=O)[C@H](c1ccc(Cl)cc1)N(C(=O)Cn1nnc2ccccc21)c1ccccc1C(C)=O. The first kappa shape index (κ1) is 27.0. The molecule has 0 fully saturated rings. The summed E-state index contributed by atoms with van der Waals surface area (Å²) in [5.74, 6) is -1.04. The molecule has 1 heterocycles. The molecule has 2 amide bonds. The van der Waals surface area contributed by atoms with Crippen LogP contribution in [0.25, 0.3) is 11.0 Å². The summed E-state index contributed by atoms with van der Waals surface area (Å²) in [4.78, 5) is 42.2. The van der Waals surface area contributed by atoms with E-state index in [4.69, 9.17) is 11.6 Å². The Balaban J connectivity index is 1.88. The summed E-state index contributed by atoms with van der Waals surface area (Å²) in [7, 11) is 0. The molecule has 38 heavy (non-hydrogen) atoms. The molecule has 0 unspecified atom stereocenters. The van der Waals surface area contributed by atoms with Crippen LogP contribution in [0.4, 0.5) is 5.69 Å². The molecule has 4 aromatic rings. The lowest BCUT2D eigenvalue weighted by molar-refractivity contribution is -0.128. The van der Waals surface area contributed by atoms with Crippen LogP contribution in [0.3, 0.4) is 0 Å². The highest BCUT2D eigenvalue weighted by Gasteiger charge is 2.36. The fraction of sp³-hybridized carbons (Fsp3) is 0.276. The number of aromatic nitrogens is 3. The molecular formula is C29H30ClN5O3. The van der Waals surface area contributed by atoms with Gasteiger partial charge in [-0.3, -0.25) is 19.3 Å². The van der Waals surface area contributed by atoms with E-state index >= 15 is 0 Å². The number of nitrogens with one attached hydrogen (secondary N) is 1. The van der Waals surface area contributed by atoms with Crippen LogP contribution >= 0.6 is 11.6 Å². The van der Waals surface area contributed by atoms with Crippen LogP contribution in [0.1, 0.15) is 56.1 Å². The zero-order valence-electron chi connectivity index (χ0n) is 21.8. The lowest BCUT2D eigenvalue weighted by Gasteiger charge is -2.35. The van der Waals surface area contributed by atoms with Crippen molar-refractivity contribution >= 4 is 45.9 Å². The van der Waals surface area contributed by atoms with Gasteiger partial charge in [-0.1, -0.05) is 60.1 Å². The van der Waals surface area contributed by atoms with Crippen molar-refractivity contribution < 1.29 is 14.4 Å². The summed E-state index contributed by atoms with van der Waals surface area (Å²) in [6.07, 6.45) is 0.676. The van der Waals surface area contributed by atoms with Gasteiger partial charge in [0.25, 0.3) is 0 Å². The molecule has 0 aliphatic heterocycles. The third-order valence-electron chi connectivity index (χ3n) is 6.55. The van der Waals surface area contributed by atoms with Crippen LogP contribution in [0, 0.1) is 0 Å². The zero-order chi connectivity index (χ0) is 27.4. The van der Waals surface area contributed by atoms with Gasteiger partial charge in [-0.25, -0.2) is 4.68 Å². The molecule has 0 aliphatic rings. The number of carbonyl (C=O) groups excluding carboxylic acids is 3. The Bertz CT molecular complexity index is 1480. The van der Waals surface area contributed by atoms with Gasteiger partial charge in [0.1, 0.15) is 18.1 Å². The Labute approximate surface area is 226 Å². The Morgan fingerprint density at radius 2 is 1.66 bits per heavy atom. The highest BCUT2D eigenvalue weighted by Crippen LogP contribution is 2.33. The van der Waals surface area contributed by atoms with Gasteiger partial charge in [-0.05, 0) is 69.2 Å². The molecule has 4 rings (SSSR count). The van der Waals surface area contributed by atoms with Crippen molar-refractivity contribution in [2.75, 3.05) is 4.90 Å². The van der Waals surface area contributed by atoms with E-state index < -0.39 is 17.5 Å². The summed E-state index contributed by atoms with van der Waals surface area (Å²) in [6.45, 7) is 7.05. The van der Waals surface area contributed by atoms with Crippen molar-refractivity contribution in [1.82, 2.24) is 20.3 Å². The first-order chi connectivity index (χ1) is 18.1. The molecule has 196 valence electrons. The van der Waals surface area contributed by atoms with E-state index in [0.29, 0.717) is 39.3 Å². The van der Waals surface area contributed by atoms with Crippen molar-refractivity contribution in [3.8, 4) is 0 Å². The number of halogens is 1. The summed E-state index contributed by atoms with van der Waals surface area (Å²) >= 11 is 6.16. The van der Waals surface area contributed by atoms with Crippen molar-refractivity contribution in [1.29, 1.82) is 0 Å². The monoisotopic (exact) mass is 531 g/mol. The van der Waals surface area contributed by atoms with Crippen LogP contribution in [-0.4, -0.2) is 38.1 Å². The number of hydrogen-bond acceptors (Lipinski definition) is 5. The average Bonchev–Trinajstić information content (AvgIpc) is 3.30. The fourth-order valence-electron chi connectivity index (χ4n) is 4.19. The molecule has 0 radical (unpaired) electrons. The second-order valence-electron chi connectivity index (χ2n) is 9.75. The fourth-order valence-corrected chi connectivity index (χ4v) is 4.32. The minimum Gasteiger partial charge on any atom is -0.349 e. The van der Waals surface area contributed by atoms with Gasteiger partial charge in [-0.15, -0.1) is 5.10 Å². The first-order valence-electron chi connectivity index (χ1n) is 12.4. The van der Waals surface area contributed by atoms with E-state index in [0.717, 1.165) is 0 Å². The molecule has 1 aromatic heterocycles. The van der Waals surface area contributed by atoms with Gasteiger partial charge in [-0.2, -0.15) is 0 Å². The van der Waals surface area contributed by atoms with Crippen molar-refractivity contribution in [3.05, 3.63) is 88.9 Å². The third-order valence-corrected chi connectivity index (χ3v) is 6.81. The van der Waals surface area contributed by atoms with E-state index in [-0.39, 0.29) is 18.2 Å². The van der Waals surface area contributed by atoms with Crippen molar-refractivity contribution in [3.63, 3.8) is 0 Å². The number of anilines is 1. The van der Waals surface area contributed by atoms with Gasteiger partial charge in [0.2, 0.25) is 11.8 Å². The topological polar surface area (TPSA) is 97.2 Å². The maximum Gasteiger partial charge on any atom is 0.249 e. The van der Waals surface area contributed by atoms with Crippen LogP contribution < -0.4 is 10.2 Å². The van der Waals surface area contributed by atoms with Gasteiger partial charge >= 0.3 is 0 Å². The molecule has 3 aromatic carbocycles. The number of nitrogens with zero attached hydrogens (tertiary/aromatic N) is 4. The normalized spacial score (nSPS) is 12.2. The Hall–Kier alpha value is -4.04. The van der Waals surface area contributed by atoms with Gasteiger partial charge in [0.15, 0.2) is 5.78 Å². The number of ketones is 1. The molecule has 1 atom stereocenters. The number of para-hydroxylation sites is 2. The Kier molecular flexibility index (Phi) is 7.92. The minimum atomic E-state index is -1.08. The van der Waals surface area contributed by atoms with Crippen LogP contribution in [-0.2, 0) is 16.1 Å². The van der Waals surface area contributed by atoms with Crippen LogP contribution in [0.5, 0.6) is 0 Å². The number of hydrogen-bond donors (Lipinski definition) is 1. The summed E-state index contributed by atoms with van der Waals surface area (Å²) in [5, 5.41) is 11.9. The molecular weight excluding hydrogens is 502 g/mol. The van der Waals surface area contributed by atoms with Gasteiger partial charge in [0.05, 0.1) is 11.2 Å². The lowest BCUT2D eigenvalue weighted by Crippen LogP contribution is -2.51. The average molecular weight is 532 g/mol. The highest BCUT2D eigenvalue weighted by atomic mass is 35.5. The second-order valence-corrected chi connectivity index (χ2v) is 10.2. The van der Waals surface area contributed by atoms with E-state index in [2.05, 4.69) is 15.6 Å². The molecule has 0 bridgehead atoms. The smallest absolute Gasteiger partial charge is 0.249 e. The standard InChI is InChI=1S/C29H30ClN5O3/c1-5-29(3,4)31-28(38)27(20-14-16-21(30)17-15-20)35(24-12-8-6-10-22(24)19(2)36)26(37)18-34-25-13-9-7-11-23(25)32-33-34/h6-17,27H,5,18H2,1-4H3,(H,31,38)/t27-/m0/s1. The number of carbonyl (C=O) groups is 3. The molecule has 0 saturated carbocycles. The molecule has 1 N–H and O–H groups in total. The van der Waals surface area contributed by atoms with Crippen molar-refractivity contribution in [2.24, 2.45) is 0 Å². The number of fused-ring (bicyclic) bond motifs is 1. The Morgan fingerprint density at radius 3 is 2.34 bits per heavy atom. The molecule has 0 spiro atoms. The summed E-state index contributed by atoms with van der Waals surface area (Å²) < 4.78 is 1.49. The number of rotatable bonds is 9. The van der Waals surface area contributed by atoms with Crippen molar-refractivity contribution in [2.45, 2.75) is 52.2 Å². The predicted octanol–water partition coefficient (Wildman–Crippen LogP) is 5.37. The summed E-state index contributed by atoms with van der Waals surface area (Å²) in [5.41, 5.74) is 2.00. The van der Waals surface area contributed by atoms with Gasteiger partial charge in [0, 0.05) is 16.1 Å². The lowest BCUT2D eigenvalue weighted by atomic mass is 9.97. The number of Topliss-reactive ketones (excluding diaryl/α,β-unsaturated/α-hetero) is 1. The first-order valence-corrected chi connectivity index (χ1v) is 12.8. The molecule has 0 saturated heterocycles. The largest absolute Gasteiger partial charge is 0.349 e. The maximum atomic E-state index is 14.2. The zero-order valence-corrected chi connectivity index (χ0v) is 22.6. The molecule has 9 heteroatoms. The maximum absolute atomic E-state index is 14.2. The van der Waals surface area contributed by atoms with E-state index in [1.54, 1.807) is 48.5 Å². The number of benzene rings is 3. The van der Waals surface area contributed by atoms with Crippen LogP contribution in [0.2, 0.25) is 5.02 Å². The quantitative estimate of drug-likeness (QED) is 0.293. The van der Waals surface area contributed by atoms with E-state index in [9.17, 15) is 14.4 Å². The second kappa shape index (κ2) is 11.1. The van der Waals surface area contributed by atoms with Crippen LogP contribution in [0.15, 0.2) is 72.8 Å². The Morgan fingerprint density at radius 1 is 1.00 bits per heavy atom. The van der Waals surface area contributed by atoms with E-state index in [1.165, 1.54) is 16.5 Å². The summed E-state index contributed by atoms with van der Waals surface area (Å²) in [6, 6.07) is 19.8. The minimum absolute atomic E-state index is 0.193. The third kappa shape index (κ3) is 5.75. The van der Waals surface area contributed by atoms with E-state index in [1.807, 2.05) is 45.0 Å². The highest BCUT2D eigenvalue weighted by molar-refractivity contribution is 6.30.